The van der Waals surface area contributed by atoms with Crippen LogP contribution in [-0.2, 0) is 4.79 Å². The summed E-state index contributed by atoms with van der Waals surface area (Å²) in [5.74, 6) is -3.15. The molecule has 0 aliphatic carbocycles. The van der Waals surface area contributed by atoms with Gasteiger partial charge in [0.05, 0.1) is 18.1 Å². The molecule has 6 heteroatoms. The number of carbonyl (C=O) groups excluding carboxylic acids is 1. The van der Waals surface area contributed by atoms with Crippen LogP contribution in [0.5, 0.6) is 0 Å². The van der Waals surface area contributed by atoms with Crippen LogP contribution in [0.4, 0.5) is 4.39 Å². The minimum atomic E-state index is -1.01. The number of halogens is 1. The predicted octanol–water partition coefficient (Wildman–Crippen LogP) is 1.69. The summed E-state index contributed by atoms with van der Waals surface area (Å²) in [5.41, 5.74) is 3.42. The van der Waals surface area contributed by atoms with Crippen molar-refractivity contribution in [3.8, 4) is 12.1 Å². The molecule has 0 saturated heterocycles. The largest absolute Gasteiger partial charge is 0.272 e. The Labute approximate surface area is 115 Å². The normalized spacial score (nSPS) is 18.9. The van der Waals surface area contributed by atoms with Gasteiger partial charge in [-0.3, -0.25) is 4.79 Å². The standard InChI is InChI=1S/C14H11FN4O/c1-8-12(14(20)19-18-8)13(10(6-16)7-17)9-2-4-11(15)5-3-9/h2-5,10,12-13H,1H3,(H,19,20)/t12-,13+/m1/s1. The lowest BCUT2D eigenvalue weighted by molar-refractivity contribution is -0.122. The van der Waals surface area contributed by atoms with Gasteiger partial charge in [-0.2, -0.15) is 15.6 Å². The van der Waals surface area contributed by atoms with Gasteiger partial charge in [0, 0.05) is 11.6 Å². The Hall–Kier alpha value is -2.73. The lowest BCUT2D eigenvalue weighted by Crippen LogP contribution is -2.32. The van der Waals surface area contributed by atoms with Crippen LogP contribution in [0.2, 0.25) is 0 Å². The summed E-state index contributed by atoms with van der Waals surface area (Å²) in [7, 11) is 0. The van der Waals surface area contributed by atoms with Gasteiger partial charge in [-0.15, -0.1) is 0 Å². The second-order valence-corrected chi connectivity index (χ2v) is 4.52. The number of rotatable bonds is 3. The van der Waals surface area contributed by atoms with Crippen molar-refractivity contribution in [2.75, 3.05) is 0 Å². The van der Waals surface area contributed by atoms with Gasteiger partial charge in [-0.05, 0) is 24.6 Å². The number of carbonyl (C=O) groups is 1. The number of hydrazone groups is 1. The molecule has 0 fully saturated rings. The maximum absolute atomic E-state index is 13.0. The fourth-order valence-electron chi connectivity index (χ4n) is 2.35. The molecule has 1 aromatic rings. The summed E-state index contributed by atoms with van der Waals surface area (Å²) in [6.45, 7) is 1.66. The van der Waals surface area contributed by atoms with E-state index in [0.717, 1.165) is 0 Å². The molecule has 1 aromatic carbocycles. The zero-order valence-electron chi connectivity index (χ0n) is 10.7. The van der Waals surface area contributed by atoms with Crippen molar-refractivity contribution >= 4 is 11.6 Å². The molecule has 1 aliphatic heterocycles. The van der Waals surface area contributed by atoms with E-state index in [1.807, 2.05) is 12.1 Å². The van der Waals surface area contributed by atoms with Crippen LogP contribution in [0.1, 0.15) is 18.4 Å². The molecule has 0 bridgehead atoms. The summed E-state index contributed by atoms with van der Waals surface area (Å²) in [6, 6.07) is 9.25. The minimum absolute atomic E-state index is 0.354. The smallest absolute Gasteiger partial charge is 0.249 e. The van der Waals surface area contributed by atoms with Gasteiger partial charge in [0.2, 0.25) is 5.91 Å². The number of nitrogens with one attached hydrogen (secondary N) is 1. The van der Waals surface area contributed by atoms with E-state index in [9.17, 15) is 9.18 Å². The zero-order valence-corrected chi connectivity index (χ0v) is 10.7. The summed E-state index contributed by atoms with van der Waals surface area (Å²) >= 11 is 0. The first kappa shape index (κ1) is 13.7. The van der Waals surface area contributed by atoms with E-state index in [2.05, 4.69) is 10.5 Å². The van der Waals surface area contributed by atoms with Gasteiger partial charge in [0.15, 0.2) is 0 Å². The molecular weight excluding hydrogens is 259 g/mol. The number of hydrogen-bond donors (Lipinski definition) is 1. The van der Waals surface area contributed by atoms with Gasteiger partial charge in [0.25, 0.3) is 0 Å². The van der Waals surface area contributed by atoms with Crippen molar-refractivity contribution in [3.63, 3.8) is 0 Å². The Morgan fingerprint density at radius 2 is 1.90 bits per heavy atom. The van der Waals surface area contributed by atoms with Crippen molar-refractivity contribution in [2.24, 2.45) is 16.9 Å². The molecule has 1 N–H and O–H groups in total. The van der Waals surface area contributed by atoms with Crippen molar-refractivity contribution in [3.05, 3.63) is 35.6 Å². The molecule has 0 saturated carbocycles. The Morgan fingerprint density at radius 1 is 1.30 bits per heavy atom. The molecule has 0 unspecified atom stereocenters. The van der Waals surface area contributed by atoms with Crippen molar-refractivity contribution in [1.82, 2.24) is 5.43 Å². The van der Waals surface area contributed by atoms with E-state index in [1.54, 1.807) is 6.92 Å². The van der Waals surface area contributed by atoms with Crippen LogP contribution in [-0.4, -0.2) is 11.6 Å². The summed E-state index contributed by atoms with van der Waals surface area (Å²) in [6.07, 6.45) is 0. The van der Waals surface area contributed by atoms with Crippen LogP contribution in [0, 0.1) is 40.3 Å². The third-order valence-corrected chi connectivity index (χ3v) is 3.33. The topological polar surface area (TPSA) is 89.0 Å². The maximum Gasteiger partial charge on any atom is 0.249 e. The van der Waals surface area contributed by atoms with Gasteiger partial charge < -0.3 is 0 Å². The van der Waals surface area contributed by atoms with Crippen molar-refractivity contribution < 1.29 is 9.18 Å². The van der Waals surface area contributed by atoms with E-state index >= 15 is 0 Å². The van der Waals surface area contributed by atoms with Gasteiger partial charge in [-0.25, -0.2) is 9.82 Å². The second-order valence-electron chi connectivity index (χ2n) is 4.52. The highest BCUT2D eigenvalue weighted by Gasteiger charge is 2.40. The number of benzene rings is 1. The Kier molecular flexibility index (Phi) is 3.76. The average molecular weight is 270 g/mol. The molecule has 2 atom stereocenters. The number of nitrogens with zero attached hydrogens (tertiary/aromatic N) is 3. The van der Waals surface area contributed by atoms with E-state index < -0.39 is 23.6 Å². The van der Waals surface area contributed by atoms with E-state index in [0.29, 0.717) is 11.3 Å². The molecule has 1 aliphatic rings. The van der Waals surface area contributed by atoms with Crippen LogP contribution < -0.4 is 5.43 Å². The van der Waals surface area contributed by atoms with Crippen LogP contribution in [0.3, 0.4) is 0 Å². The monoisotopic (exact) mass is 270 g/mol. The Balaban J connectivity index is 2.48. The molecule has 1 amide bonds. The quantitative estimate of drug-likeness (QED) is 0.906. The lowest BCUT2D eigenvalue weighted by atomic mass is 9.76. The predicted molar refractivity (Wildman–Crippen MR) is 68.6 cm³/mol. The van der Waals surface area contributed by atoms with Gasteiger partial charge in [-0.1, -0.05) is 12.1 Å². The molecule has 0 aromatic heterocycles. The molecule has 5 nitrogen and oxygen atoms in total. The molecule has 20 heavy (non-hydrogen) atoms. The molecule has 100 valence electrons. The minimum Gasteiger partial charge on any atom is -0.272 e. The molecule has 1 heterocycles. The second kappa shape index (κ2) is 5.50. The Morgan fingerprint density at radius 3 is 2.35 bits per heavy atom. The molecular formula is C14H11FN4O. The highest BCUT2D eigenvalue weighted by molar-refractivity contribution is 6.07. The highest BCUT2D eigenvalue weighted by Crippen LogP contribution is 2.34. The zero-order chi connectivity index (χ0) is 14.7. The summed E-state index contributed by atoms with van der Waals surface area (Å²) < 4.78 is 13.0. The lowest BCUT2D eigenvalue weighted by Gasteiger charge is -2.23. The first-order valence-electron chi connectivity index (χ1n) is 5.97. The maximum atomic E-state index is 13.0. The van der Waals surface area contributed by atoms with Crippen molar-refractivity contribution in [1.29, 1.82) is 10.5 Å². The van der Waals surface area contributed by atoms with Crippen LogP contribution in [0.15, 0.2) is 29.4 Å². The highest BCUT2D eigenvalue weighted by atomic mass is 19.1. The molecule has 0 radical (unpaired) electrons. The summed E-state index contributed by atoms with van der Waals surface area (Å²) in [4.78, 5) is 11.9. The number of amides is 1. The fourth-order valence-corrected chi connectivity index (χ4v) is 2.35. The first-order chi connectivity index (χ1) is 9.58. The van der Waals surface area contributed by atoms with E-state index in [4.69, 9.17) is 10.5 Å². The Bertz CT molecular complexity index is 625. The van der Waals surface area contributed by atoms with Crippen molar-refractivity contribution in [2.45, 2.75) is 12.8 Å². The van der Waals surface area contributed by atoms with Crippen LogP contribution in [0.25, 0.3) is 0 Å². The number of hydrogen-bond acceptors (Lipinski definition) is 4. The third kappa shape index (κ3) is 2.36. The molecule has 2 rings (SSSR count). The van der Waals surface area contributed by atoms with E-state index in [-0.39, 0.29) is 5.91 Å². The van der Waals surface area contributed by atoms with E-state index in [1.165, 1.54) is 24.3 Å². The third-order valence-electron chi connectivity index (χ3n) is 3.33. The number of nitriles is 2. The van der Waals surface area contributed by atoms with Crippen LogP contribution >= 0.6 is 0 Å². The fraction of sp³-hybridized carbons (Fsp3) is 0.286. The van der Waals surface area contributed by atoms with Gasteiger partial charge in [0.1, 0.15) is 11.7 Å². The average Bonchev–Trinajstić information content (AvgIpc) is 2.77. The molecule has 0 spiro atoms. The summed E-state index contributed by atoms with van der Waals surface area (Å²) in [5, 5.41) is 22.1. The van der Waals surface area contributed by atoms with Gasteiger partial charge >= 0.3 is 0 Å². The SMILES string of the molecule is CC1=NNC(=O)[C@H]1[C@@H](c1ccc(F)cc1)C(C#N)C#N. The first-order valence-corrected chi connectivity index (χ1v) is 5.97.